The molecule has 114 valence electrons. The number of halogens is 2. The lowest BCUT2D eigenvalue weighted by Gasteiger charge is -2.16. The molecule has 21 heavy (non-hydrogen) atoms. The summed E-state index contributed by atoms with van der Waals surface area (Å²) in [6.45, 7) is 7.02. The van der Waals surface area contributed by atoms with E-state index < -0.39 is 0 Å². The maximum absolute atomic E-state index is 6.06. The van der Waals surface area contributed by atoms with Crippen molar-refractivity contribution in [2.24, 2.45) is 0 Å². The summed E-state index contributed by atoms with van der Waals surface area (Å²) < 4.78 is 7.50. The number of nitrogens with one attached hydrogen (secondary N) is 1. The Morgan fingerprint density at radius 3 is 2.67 bits per heavy atom. The van der Waals surface area contributed by atoms with Crippen LogP contribution < -0.4 is 10.1 Å². The van der Waals surface area contributed by atoms with E-state index in [0.717, 1.165) is 21.1 Å². The molecule has 0 amide bonds. The van der Waals surface area contributed by atoms with E-state index in [1.807, 2.05) is 26.0 Å². The van der Waals surface area contributed by atoms with Gasteiger partial charge < -0.3 is 10.1 Å². The molecular formula is C16H19BrClNOS. The fourth-order valence-corrected chi connectivity index (χ4v) is 3.72. The molecule has 2 rings (SSSR count). The van der Waals surface area contributed by atoms with Gasteiger partial charge >= 0.3 is 0 Å². The van der Waals surface area contributed by atoms with Gasteiger partial charge in [-0.2, -0.15) is 0 Å². The van der Waals surface area contributed by atoms with Gasteiger partial charge in [-0.3, -0.25) is 0 Å². The fraction of sp³-hybridized carbons (Fsp3) is 0.375. The van der Waals surface area contributed by atoms with E-state index in [4.69, 9.17) is 16.3 Å². The number of hydrogen-bond acceptors (Lipinski definition) is 3. The minimum Gasteiger partial charge on any atom is -0.491 e. The van der Waals surface area contributed by atoms with Gasteiger partial charge in [-0.15, -0.1) is 11.3 Å². The van der Waals surface area contributed by atoms with E-state index >= 15 is 0 Å². The Kier molecular flexibility index (Phi) is 6.11. The van der Waals surface area contributed by atoms with Crippen molar-refractivity contribution in [2.45, 2.75) is 39.5 Å². The molecule has 0 aliphatic carbocycles. The summed E-state index contributed by atoms with van der Waals surface area (Å²) in [4.78, 5) is 1.22. The van der Waals surface area contributed by atoms with Gasteiger partial charge in [-0.05, 0) is 60.5 Å². The van der Waals surface area contributed by atoms with Crippen molar-refractivity contribution in [2.75, 3.05) is 0 Å². The molecule has 1 unspecified atom stereocenters. The van der Waals surface area contributed by atoms with Crippen LogP contribution in [0.3, 0.4) is 0 Å². The van der Waals surface area contributed by atoms with Crippen LogP contribution in [0.15, 0.2) is 34.8 Å². The third-order valence-corrected chi connectivity index (χ3v) is 5.48. The zero-order chi connectivity index (χ0) is 15.4. The first-order valence-electron chi connectivity index (χ1n) is 6.89. The monoisotopic (exact) mass is 387 g/mol. The van der Waals surface area contributed by atoms with Crippen LogP contribution in [0.4, 0.5) is 0 Å². The van der Waals surface area contributed by atoms with Gasteiger partial charge in [-0.1, -0.05) is 23.7 Å². The van der Waals surface area contributed by atoms with Crippen LogP contribution in [0.2, 0.25) is 4.34 Å². The van der Waals surface area contributed by atoms with E-state index in [2.05, 4.69) is 46.4 Å². The van der Waals surface area contributed by atoms with Crippen LogP contribution >= 0.6 is 38.9 Å². The van der Waals surface area contributed by atoms with Crippen molar-refractivity contribution in [3.05, 3.63) is 49.6 Å². The lowest BCUT2D eigenvalue weighted by molar-refractivity contribution is 0.242. The minimum atomic E-state index is 0.189. The van der Waals surface area contributed by atoms with Crippen molar-refractivity contribution in [3.63, 3.8) is 0 Å². The highest BCUT2D eigenvalue weighted by atomic mass is 79.9. The first-order chi connectivity index (χ1) is 9.95. The average molecular weight is 389 g/mol. The van der Waals surface area contributed by atoms with Crippen molar-refractivity contribution >= 4 is 38.9 Å². The smallest absolute Gasteiger partial charge is 0.120 e. The van der Waals surface area contributed by atoms with Crippen molar-refractivity contribution in [1.29, 1.82) is 0 Å². The first kappa shape index (κ1) is 16.8. The Hall–Kier alpha value is -0.550. The first-order valence-corrected chi connectivity index (χ1v) is 8.88. The summed E-state index contributed by atoms with van der Waals surface area (Å²) >= 11 is 11.1. The largest absolute Gasteiger partial charge is 0.491 e. The Balaban J connectivity index is 1.98. The van der Waals surface area contributed by atoms with E-state index in [-0.39, 0.29) is 12.1 Å². The van der Waals surface area contributed by atoms with Crippen molar-refractivity contribution in [1.82, 2.24) is 5.32 Å². The topological polar surface area (TPSA) is 21.3 Å². The van der Waals surface area contributed by atoms with Crippen LogP contribution in [0.5, 0.6) is 5.75 Å². The van der Waals surface area contributed by atoms with Gasteiger partial charge in [0, 0.05) is 21.9 Å². The van der Waals surface area contributed by atoms with Crippen LogP contribution in [-0.2, 0) is 6.54 Å². The van der Waals surface area contributed by atoms with E-state index in [1.165, 1.54) is 10.4 Å². The lowest BCUT2D eigenvalue weighted by atomic mass is 10.1. The van der Waals surface area contributed by atoms with Gasteiger partial charge in [0.1, 0.15) is 10.1 Å². The summed E-state index contributed by atoms with van der Waals surface area (Å²) in [5, 5.41) is 3.51. The molecule has 0 radical (unpaired) electrons. The fourth-order valence-electron chi connectivity index (χ4n) is 1.98. The average Bonchev–Trinajstić information content (AvgIpc) is 2.75. The highest BCUT2D eigenvalue weighted by molar-refractivity contribution is 9.10. The number of rotatable bonds is 6. The van der Waals surface area contributed by atoms with Crippen LogP contribution in [0.25, 0.3) is 0 Å². The molecule has 0 aliphatic rings. The van der Waals surface area contributed by atoms with Crippen molar-refractivity contribution < 1.29 is 4.74 Å². The second-order valence-corrected chi connectivity index (χ2v) is 7.77. The van der Waals surface area contributed by atoms with Crippen LogP contribution in [0, 0.1) is 0 Å². The number of ether oxygens (including phenoxy) is 1. The predicted octanol–water partition coefficient (Wildman–Crippen LogP) is 5.80. The van der Waals surface area contributed by atoms with Gasteiger partial charge in [0.15, 0.2) is 0 Å². The molecule has 0 bridgehead atoms. The molecule has 1 heterocycles. The summed E-state index contributed by atoms with van der Waals surface area (Å²) in [6, 6.07) is 10.5. The molecule has 0 saturated heterocycles. The maximum Gasteiger partial charge on any atom is 0.120 e. The molecule has 0 fully saturated rings. The normalized spacial score (nSPS) is 12.7. The second kappa shape index (κ2) is 7.63. The molecule has 0 aliphatic heterocycles. The summed E-state index contributed by atoms with van der Waals surface area (Å²) in [5.41, 5.74) is 1.22. The van der Waals surface area contributed by atoms with E-state index in [1.54, 1.807) is 11.3 Å². The number of hydrogen-bond donors (Lipinski definition) is 1. The van der Waals surface area contributed by atoms with E-state index in [9.17, 15) is 0 Å². The zero-order valence-corrected chi connectivity index (χ0v) is 15.5. The summed E-state index contributed by atoms with van der Waals surface area (Å²) in [6.07, 6.45) is 0.189. The Labute approximate surface area is 143 Å². The highest BCUT2D eigenvalue weighted by Crippen LogP contribution is 2.32. The molecule has 5 heteroatoms. The molecule has 0 saturated carbocycles. The minimum absolute atomic E-state index is 0.189. The van der Waals surface area contributed by atoms with E-state index in [0.29, 0.717) is 0 Å². The summed E-state index contributed by atoms with van der Waals surface area (Å²) in [7, 11) is 0. The third-order valence-electron chi connectivity index (χ3n) is 3.01. The molecule has 1 atom stereocenters. The molecule has 0 spiro atoms. The third kappa shape index (κ3) is 4.99. The lowest BCUT2D eigenvalue weighted by Crippen LogP contribution is -2.17. The van der Waals surface area contributed by atoms with Gasteiger partial charge in [-0.25, -0.2) is 0 Å². The molecule has 1 aromatic carbocycles. The van der Waals surface area contributed by atoms with Gasteiger partial charge in [0.2, 0.25) is 0 Å². The standard InChI is InChI=1S/C16H19BrClNOS/c1-10(2)20-13-6-4-5-12(7-13)11(3)19-9-14-8-15(17)16(18)21-14/h4-8,10-11,19H,9H2,1-3H3. The highest BCUT2D eigenvalue weighted by Gasteiger charge is 2.09. The Morgan fingerprint density at radius 2 is 2.05 bits per heavy atom. The molecule has 1 N–H and O–H groups in total. The van der Waals surface area contributed by atoms with Crippen LogP contribution in [0.1, 0.15) is 37.3 Å². The Morgan fingerprint density at radius 1 is 1.29 bits per heavy atom. The molecule has 2 nitrogen and oxygen atoms in total. The van der Waals surface area contributed by atoms with Crippen LogP contribution in [-0.4, -0.2) is 6.10 Å². The number of thiophene rings is 1. The second-order valence-electron chi connectivity index (χ2n) is 5.18. The quantitative estimate of drug-likeness (QED) is 0.675. The number of benzene rings is 1. The predicted molar refractivity (Wildman–Crippen MR) is 94.5 cm³/mol. The van der Waals surface area contributed by atoms with Gasteiger partial charge in [0.05, 0.1) is 6.10 Å². The molecular weight excluding hydrogens is 370 g/mol. The summed E-state index contributed by atoms with van der Waals surface area (Å²) in [5.74, 6) is 0.915. The van der Waals surface area contributed by atoms with Gasteiger partial charge in [0.25, 0.3) is 0 Å². The Bertz CT molecular complexity index is 580. The molecule has 2 aromatic rings. The zero-order valence-electron chi connectivity index (χ0n) is 12.3. The SMILES string of the molecule is CC(C)Oc1cccc(C(C)NCc2cc(Br)c(Cl)s2)c1. The molecule has 1 aromatic heterocycles. The maximum atomic E-state index is 6.06. The van der Waals surface area contributed by atoms with Crippen molar-refractivity contribution in [3.8, 4) is 5.75 Å².